The molecule has 2 aliphatic heterocycles. The number of nitrogens with zero attached hydrogens (tertiary/aromatic N) is 2. The highest BCUT2D eigenvalue weighted by Gasteiger charge is 2.21. The van der Waals surface area contributed by atoms with Crippen molar-refractivity contribution in [2.24, 2.45) is 0 Å². The van der Waals surface area contributed by atoms with Gasteiger partial charge < -0.3 is 9.80 Å². The van der Waals surface area contributed by atoms with E-state index in [9.17, 15) is 0 Å². The smallest absolute Gasteiger partial charge is 0.0372 e. The van der Waals surface area contributed by atoms with Crippen molar-refractivity contribution in [3.05, 3.63) is 168 Å². The predicted octanol–water partition coefficient (Wildman–Crippen LogP) is 12.9. The van der Waals surface area contributed by atoms with Gasteiger partial charge in [-0.25, -0.2) is 0 Å². The number of hydrogen-bond donors (Lipinski definition) is 0. The Morgan fingerprint density at radius 3 is 1.27 bits per heavy atom. The molecule has 2 nitrogen and oxygen atoms in total. The summed E-state index contributed by atoms with van der Waals surface area (Å²) in [6.45, 7) is 4.53. The molecule has 9 rings (SSSR count). The van der Waals surface area contributed by atoms with Crippen molar-refractivity contribution < 1.29 is 0 Å². The molecule has 7 aromatic carbocycles. The molecule has 2 heteroatoms. The maximum Gasteiger partial charge on any atom is 0.0372 e. The third kappa shape index (κ3) is 6.39. The Bertz CT molecular complexity index is 2290. The van der Waals surface area contributed by atoms with E-state index in [0.717, 1.165) is 26.2 Å². The van der Waals surface area contributed by atoms with Crippen LogP contribution in [0.4, 0.5) is 11.4 Å². The number of anilines is 2. The summed E-state index contributed by atoms with van der Waals surface area (Å²) >= 11 is 0. The van der Waals surface area contributed by atoms with E-state index in [1.165, 1.54) is 116 Å². The van der Waals surface area contributed by atoms with Crippen molar-refractivity contribution in [2.75, 3.05) is 36.0 Å². The number of benzene rings is 7. The maximum atomic E-state index is 2.60. The van der Waals surface area contributed by atoms with Crippen molar-refractivity contribution in [3.8, 4) is 22.3 Å². The Labute approximate surface area is 308 Å². The van der Waals surface area contributed by atoms with E-state index >= 15 is 0 Å². The first kappa shape index (κ1) is 32.3. The van der Waals surface area contributed by atoms with E-state index in [-0.39, 0.29) is 0 Å². The van der Waals surface area contributed by atoms with Gasteiger partial charge >= 0.3 is 0 Å². The van der Waals surface area contributed by atoms with E-state index in [1.54, 1.807) is 0 Å². The fourth-order valence-electron chi connectivity index (χ4n) is 8.61. The van der Waals surface area contributed by atoms with E-state index in [4.69, 9.17) is 0 Å². The Kier molecular flexibility index (Phi) is 9.05. The van der Waals surface area contributed by atoms with Gasteiger partial charge in [-0.05, 0) is 135 Å². The molecule has 0 aliphatic carbocycles. The molecule has 0 N–H and O–H groups in total. The van der Waals surface area contributed by atoms with Crippen molar-refractivity contribution >= 4 is 44.6 Å². The normalized spacial score (nSPS) is 14.8. The van der Waals surface area contributed by atoms with Crippen LogP contribution < -0.4 is 9.80 Å². The predicted molar refractivity (Wildman–Crippen MR) is 224 cm³/mol. The lowest BCUT2D eigenvalue weighted by atomic mass is 9.85. The molecule has 0 amide bonds. The van der Waals surface area contributed by atoms with Crippen LogP contribution in [0, 0.1) is 0 Å². The Morgan fingerprint density at radius 2 is 0.808 bits per heavy atom. The Balaban J connectivity index is 1.25. The zero-order valence-electron chi connectivity index (χ0n) is 30.0. The summed E-state index contributed by atoms with van der Waals surface area (Å²) in [5.74, 6) is 0. The van der Waals surface area contributed by atoms with E-state index in [2.05, 4.69) is 168 Å². The second-order valence-electron chi connectivity index (χ2n) is 14.6. The number of fused-ring (bicyclic) bond motifs is 2. The second-order valence-corrected chi connectivity index (χ2v) is 14.6. The molecule has 256 valence electrons. The molecule has 0 atom stereocenters. The molecule has 0 spiro atoms. The van der Waals surface area contributed by atoms with Crippen molar-refractivity contribution in [1.29, 1.82) is 0 Å². The molecular weight excluding hydrogens is 629 g/mol. The van der Waals surface area contributed by atoms with Crippen LogP contribution >= 0.6 is 0 Å². The first-order chi connectivity index (χ1) is 25.8. The molecule has 2 heterocycles. The van der Waals surface area contributed by atoms with Gasteiger partial charge in [0.25, 0.3) is 0 Å². The summed E-state index contributed by atoms with van der Waals surface area (Å²) in [4.78, 5) is 5.19. The van der Waals surface area contributed by atoms with Crippen LogP contribution in [-0.4, -0.2) is 26.2 Å². The van der Waals surface area contributed by atoms with Crippen LogP contribution in [0.5, 0.6) is 0 Å². The summed E-state index contributed by atoms with van der Waals surface area (Å²) in [5.41, 5.74) is 12.8. The van der Waals surface area contributed by atoms with Crippen LogP contribution in [0.25, 0.3) is 55.4 Å². The highest BCUT2D eigenvalue weighted by atomic mass is 15.1. The Morgan fingerprint density at radius 1 is 0.385 bits per heavy atom. The summed E-state index contributed by atoms with van der Waals surface area (Å²) in [5, 5.41) is 5.31. The molecule has 0 saturated carbocycles. The first-order valence-electron chi connectivity index (χ1n) is 19.3. The van der Waals surface area contributed by atoms with Gasteiger partial charge in [0.05, 0.1) is 0 Å². The molecule has 0 unspecified atom stereocenters. The standard InChI is InChI=1S/C50H46N2/c1-6-16-38(17-7-1)46(39-18-8-2-9-19-39)34-37-22-24-41(25-23-37)50-45-29-27-42(51-30-12-4-13-31-51)35-47(45)49(40-20-10-3-11-21-40)44-28-26-43(36-48(44)50)52-32-14-5-15-33-52/h1-3,6-11,16-29,34-36H,4-5,12-15,30-33H2. The molecule has 52 heavy (non-hydrogen) atoms. The minimum absolute atomic E-state index is 1.13. The largest absolute Gasteiger partial charge is 0.372 e. The van der Waals surface area contributed by atoms with Gasteiger partial charge in [0, 0.05) is 37.6 Å². The van der Waals surface area contributed by atoms with Crippen LogP contribution in [0.15, 0.2) is 152 Å². The number of piperidine rings is 2. The average Bonchev–Trinajstić information content (AvgIpc) is 3.23. The topological polar surface area (TPSA) is 6.48 Å². The van der Waals surface area contributed by atoms with Gasteiger partial charge in [0.1, 0.15) is 0 Å². The first-order valence-corrected chi connectivity index (χ1v) is 19.3. The summed E-state index contributed by atoms with van der Waals surface area (Å²) in [6.07, 6.45) is 10.1. The van der Waals surface area contributed by atoms with Gasteiger partial charge in [0.15, 0.2) is 0 Å². The summed E-state index contributed by atoms with van der Waals surface area (Å²) < 4.78 is 0. The van der Waals surface area contributed by atoms with Crippen LogP contribution in [-0.2, 0) is 0 Å². The molecule has 0 radical (unpaired) electrons. The fraction of sp³-hybridized carbons (Fsp3) is 0.200. The second kappa shape index (κ2) is 14.6. The van der Waals surface area contributed by atoms with Crippen LogP contribution in [0.3, 0.4) is 0 Å². The lowest BCUT2D eigenvalue weighted by Gasteiger charge is -2.30. The zero-order valence-corrected chi connectivity index (χ0v) is 30.0. The zero-order chi connectivity index (χ0) is 34.7. The van der Waals surface area contributed by atoms with Gasteiger partial charge in [-0.2, -0.15) is 0 Å². The maximum absolute atomic E-state index is 2.60. The quantitative estimate of drug-likeness (QED) is 0.123. The molecule has 2 fully saturated rings. The monoisotopic (exact) mass is 674 g/mol. The average molecular weight is 675 g/mol. The molecule has 2 aliphatic rings. The molecule has 0 aromatic heterocycles. The number of rotatable bonds is 7. The van der Waals surface area contributed by atoms with Gasteiger partial charge in [0.2, 0.25) is 0 Å². The fourth-order valence-corrected chi connectivity index (χ4v) is 8.61. The molecule has 0 bridgehead atoms. The van der Waals surface area contributed by atoms with Crippen LogP contribution in [0.1, 0.15) is 55.2 Å². The minimum Gasteiger partial charge on any atom is -0.372 e. The summed E-state index contributed by atoms with van der Waals surface area (Å²) in [6, 6.07) is 56.5. The van der Waals surface area contributed by atoms with Crippen molar-refractivity contribution in [2.45, 2.75) is 38.5 Å². The molecular formula is C50H46N2. The Hall–Kier alpha value is -5.60. The molecule has 2 saturated heterocycles. The summed E-state index contributed by atoms with van der Waals surface area (Å²) in [7, 11) is 0. The SMILES string of the molecule is C(=C(c1ccccc1)c1ccccc1)c1ccc(-c2c3ccc(N4CCCCC4)cc3c(-c3ccccc3)c3ccc(N4CCCCC4)cc23)cc1. The van der Waals surface area contributed by atoms with E-state index in [0.29, 0.717) is 0 Å². The van der Waals surface area contributed by atoms with Crippen LogP contribution in [0.2, 0.25) is 0 Å². The number of hydrogen-bond acceptors (Lipinski definition) is 2. The molecule has 7 aromatic rings. The highest BCUT2D eigenvalue weighted by Crippen LogP contribution is 2.46. The third-order valence-electron chi connectivity index (χ3n) is 11.3. The van der Waals surface area contributed by atoms with E-state index in [1.807, 2.05) is 0 Å². The van der Waals surface area contributed by atoms with Gasteiger partial charge in [-0.3, -0.25) is 0 Å². The van der Waals surface area contributed by atoms with Gasteiger partial charge in [-0.15, -0.1) is 0 Å². The third-order valence-corrected chi connectivity index (χ3v) is 11.3. The van der Waals surface area contributed by atoms with Gasteiger partial charge in [-0.1, -0.05) is 127 Å². The van der Waals surface area contributed by atoms with E-state index < -0.39 is 0 Å². The lowest BCUT2D eigenvalue weighted by molar-refractivity contribution is 0.578. The van der Waals surface area contributed by atoms with Crippen molar-refractivity contribution in [1.82, 2.24) is 0 Å². The van der Waals surface area contributed by atoms with Crippen molar-refractivity contribution in [3.63, 3.8) is 0 Å². The minimum atomic E-state index is 1.13. The lowest BCUT2D eigenvalue weighted by Crippen LogP contribution is -2.29. The highest BCUT2D eigenvalue weighted by molar-refractivity contribution is 6.22.